The maximum absolute atomic E-state index is 12.2. The number of rotatable bonds is 6. The van der Waals surface area contributed by atoms with Gasteiger partial charge in [-0.05, 0) is 36.2 Å². The largest absolute Gasteiger partial charge is 0.465 e. The normalized spacial score (nSPS) is 10.0. The fraction of sp³-hybridized carbons (Fsp3) is 0.211. The number of hydrogen-bond acceptors (Lipinski definition) is 5. The van der Waals surface area contributed by atoms with E-state index in [0.29, 0.717) is 13.0 Å². The van der Waals surface area contributed by atoms with Crippen molar-refractivity contribution >= 4 is 39.6 Å². The lowest BCUT2D eigenvalue weighted by atomic mass is 10.1. The van der Waals surface area contributed by atoms with Crippen LogP contribution >= 0.6 is 15.9 Å². The topological polar surface area (TPSA) is 93.7 Å². The Morgan fingerprint density at radius 3 is 2.37 bits per heavy atom. The van der Waals surface area contributed by atoms with Gasteiger partial charge in [0.05, 0.1) is 31.0 Å². The number of hydrogen-bond donors (Lipinski definition) is 2. The Labute approximate surface area is 165 Å². The molecule has 0 atom stereocenters. The minimum atomic E-state index is -0.630. The minimum absolute atomic E-state index is 0.131. The Hall–Kier alpha value is -2.87. The van der Waals surface area contributed by atoms with Gasteiger partial charge in [0.15, 0.2) is 0 Å². The van der Waals surface area contributed by atoms with E-state index in [1.807, 2.05) is 24.3 Å². The van der Waals surface area contributed by atoms with Gasteiger partial charge in [-0.25, -0.2) is 14.4 Å². The summed E-state index contributed by atoms with van der Waals surface area (Å²) in [4.78, 5) is 35.8. The van der Waals surface area contributed by atoms with E-state index in [2.05, 4.69) is 31.3 Å². The molecule has 2 amide bonds. The molecule has 2 aromatic carbocycles. The van der Waals surface area contributed by atoms with Crippen LogP contribution in [0.4, 0.5) is 10.5 Å². The van der Waals surface area contributed by atoms with Gasteiger partial charge in [-0.15, -0.1) is 0 Å². The van der Waals surface area contributed by atoms with Crippen molar-refractivity contribution < 1.29 is 23.9 Å². The Balaban J connectivity index is 2.07. The molecule has 0 heterocycles. The van der Waals surface area contributed by atoms with Crippen LogP contribution in [-0.4, -0.2) is 38.7 Å². The van der Waals surface area contributed by atoms with Gasteiger partial charge in [0, 0.05) is 11.0 Å². The van der Waals surface area contributed by atoms with E-state index in [9.17, 15) is 14.4 Å². The van der Waals surface area contributed by atoms with Crippen LogP contribution in [0.2, 0.25) is 0 Å². The summed E-state index contributed by atoms with van der Waals surface area (Å²) in [5, 5.41) is 5.29. The van der Waals surface area contributed by atoms with Crippen molar-refractivity contribution in [2.45, 2.75) is 6.42 Å². The van der Waals surface area contributed by atoms with Crippen LogP contribution in [-0.2, 0) is 15.9 Å². The van der Waals surface area contributed by atoms with Crippen LogP contribution in [0, 0.1) is 0 Å². The standard InChI is InChI=1S/C19H19BrN2O5/c1-26-17(23)13-7-8-14(18(24)27-2)16(11-13)22-19(25)21-10-9-12-5-3-4-6-15(12)20/h3-8,11H,9-10H2,1-2H3,(H2,21,22,25). The van der Waals surface area contributed by atoms with Crippen molar-refractivity contribution in [3.8, 4) is 0 Å². The highest BCUT2D eigenvalue weighted by Gasteiger charge is 2.17. The highest BCUT2D eigenvalue weighted by Crippen LogP contribution is 2.20. The molecule has 0 aromatic heterocycles. The molecule has 8 heteroatoms. The second-order valence-corrected chi connectivity index (χ2v) is 6.32. The molecule has 7 nitrogen and oxygen atoms in total. The third-order valence-electron chi connectivity index (χ3n) is 3.73. The molecule has 0 bridgehead atoms. The molecule has 0 spiro atoms. The summed E-state index contributed by atoms with van der Waals surface area (Å²) in [6.07, 6.45) is 0.626. The molecule has 27 heavy (non-hydrogen) atoms. The maximum atomic E-state index is 12.2. The first-order valence-electron chi connectivity index (χ1n) is 8.05. The van der Waals surface area contributed by atoms with E-state index in [0.717, 1.165) is 10.0 Å². The van der Waals surface area contributed by atoms with E-state index < -0.39 is 18.0 Å². The molecule has 2 aromatic rings. The van der Waals surface area contributed by atoms with Crippen LogP contribution in [0.15, 0.2) is 46.9 Å². The van der Waals surface area contributed by atoms with E-state index in [1.54, 1.807) is 0 Å². The molecule has 0 aliphatic heterocycles. The number of methoxy groups -OCH3 is 2. The number of carbonyl (C=O) groups is 3. The van der Waals surface area contributed by atoms with Gasteiger partial charge in [0.1, 0.15) is 0 Å². The first kappa shape index (κ1) is 20.4. The Kier molecular flexibility index (Phi) is 7.36. The zero-order chi connectivity index (χ0) is 19.8. The molecule has 0 saturated carbocycles. The Morgan fingerprint density at radius 2 is 1.70 bits per heavy atom. The molecule has 142 valence electrons. The minimum Gasteiger partial charge on any atom is -0.465 e. The summed E-state index contributed by atoms with van der Waals surface area (Å²) in [6, 6.07) is 11.4. The number of ether oxygens (including phenoxy) is 2. The van der Waals surface area contributed by atoms with Crippen molar-refractivity contribution in [1.29, 1.82) is 0 Å². The molecule has 0 unspecified atom stereocenters. The van der Waals surface area contributed by atoms with Crippen molar-refractivity contribution in [3.63, 3.8) is 0 Å². The second-order valence-electron chi connectivity index (χ2n) is 5.47. The fourth-order valence-corrected chi connectivity index (χ4v) is 2.84. The van der Waals surface area contributed by atoms with Crippen LogP contribution in [0.3, 0.4) is 0 Å². The summed E-state index contributed by atoms with van der Waals surface area (Å²) < 4.78 is 10.3. The van der Waals surface area contributed by atoms with E-state index in [1.165, 1.54) is 32.4 Å². The lowest BCUT2D eigenvalue weighted by Gasteiger charge is -2.12. The molecule has 0 aliphatic rings. The summed E-state index contributed by atoms with van der Waals surface area (Å²) in [5.74, 6) is -1.21. The fourth-order valence-electron chi connectivity index (χ4n) is 2.36. The number of anilines is 1. The zero-order valence-electron chi connectivity index (χ0n) is 14.9. The number of nitrogens with one attached hydrogen (secondary N) is 2. The third kappa shape index (κ3) is 5.55. The number of urea groups is 1. The van der Waals surface area contributed by atoms with Crippen LogP contribution in [0.1, 0.15) is 26.3 Å². The number of amides is 2. The molecule has 0 fully saturated rings. The second kappa shape index (κ2) is 9.72. The molecule has 2 rings (SSSR count). The molecule has 2 N–H and O–H groups in total. The molecule has 0 radical (unpaired) electrons. The van der Waals surface area contributed by atoms with E-state index in [4.69, 9.17) is 4.74 Å². The number of carbonyl (C=O) groups excluding carboxylic acids is 3. The van der Waals surface area contributed by atoms with Crippen LogP contribution < -0.4 is 10.6 Å². The number of halogens is 1. The van der Waals surface area contributed by atoms with Crippen molar-refractivity contribution in [1.82, 2.24) is 5.32 Å². The average molecular weight is 435 g/mol. The highest BCUT2D eigenvalue weighted by atomic mass is 79.9. The van der Waals surface area contributed by atoms with Crippen LogP contribution in [0.25, 0.3) is 0 Å². The van der Waals surface area contributed by atoms with Crippen LogP contribution in [0.5, 0.6) is 0 Å². The number of esters is 2. The quantitative estimate of drug-likeness (QED) is 0.679. The number of benzene rings is 2. The summed E-state index contributed by atoms with van der Waals surface area (Å²) >= 11 is 3.46. The monoisotopic (exact) mass is 434 g/mol. The summed E-state index contributed by atoms with van der Waals surface area (Å²) in [7, 11) is 2.48. The molecule has 0 saturated heterocycles. The van der Waals surface area contributed by atoms with Gasteiger partial charge in [0.2, 0.25) is 0 Å². The smallest absolute Gasteiger partial charge is 0.339 e. The Bertz CT molecular complexity index is 854. The van der Waals surface area contributed by atoms with Gasteiger partial charge in [-0.3, -0.25) is 0 Å². The Morgan fingerprint density at radius 1 is 1.00 bits per heavy atom. The van der Waals surface area contributed by atoms with Crippen molar-refractivity contribution in [2.75, 3.05) is 26.1 Å². The first-order chi connectivity index (χ1) is 13.0. The van der Waals surface area contributed by atoms with Crippen molar-refractivity contribution in [3.05, 3.63) is 63.6 Å². The maximum Gasteiger partial charge on any atom is 0.339 e. The van der Waals surface area contributed by atoms with Gasteiger partial charge < -0.3 is 20.1 Å². The SMILES string of the molecule is COC(=O)c1ccc(C(=O)OC)c(NC(=O)NCCc2ccccc2Br)c1. The molecule has 0 aliphatic carbocycles. The predicted molar refractivity (Wildman–Crippen MR) is 104 cm³/mol. The van der Waals surface area contributed by atoms with E-state index >= 15 is 0 Å². The lowest BCUT2D eigenvalue weighted by Crippen LogP contribution is -2.31. The van der Waals surface area contributed by atoms with Crippen molar-refractivity contribution in [2.24, 2.45) is 0 Å². The molecular formula is C19H19BrN2O5. The van der Waals surface area contributed by atoms with Gasteiger partial charge in [-0.1, -0.05) is 34.1 Å². The van der Waals surface area contributed by atoms with Gasteiger partial charge in [0.25, 0.3) is 0 Å². The highest BCUT2D eigenvalue weighted by molar-refractivity contribution is 9.10. The average Bonchev–Trinajstić information content (AvgIpc) is 2.68. The van der Waals surface area contributed by atoms with Gasteiger partial charge in [-0.2, -0.15) is 0 Å². The van der Waals surface area contributed by atoms with E-state index in [-0.39, 0.29) is 16.8 Å². The van der Waals surface area contributed by atoms with Gasteiger partial charge >= 0.3 is 18.0 Å². The summed E-state index contributed by atoms with van der Waals surface area (Å²) in [6.45, 7) is 0.388. The lowest BCUT2D eigenvalue weighted by molar-refractivity contribution is 0.0587. The zero-order valence-corrected chi connectivity index (χ0v) is 16.5. The first-order valence-corrected chi connectivity index (χ1v) is 8.84. The third-order valence-corrected chi connectivity index (χ3v) is 4.51. The molecular weight excluding hydrogens is 416 g/mol. The predicted octanol–water partition coefficient (Wildman–Crippen LogP) is 3.39. The summed E-state index contributed by atoms with van der Waals surface area (Å²) in [5.41, 5.74) is 1.55.